The van der Waals surface area contributed by atoms with Crippen molar-refractivity contribution < 1.29 is 18.3 Å². The van der Waals surface area contributed by atoms with Gasteiger partial charge >= 0.3 is 6.01 Å². The number of rotatable bonds is 7. The molecule has 0 atom stereocenters. The Labute approximate surface area is 216 Å². The van der Waals surface area contributed by atoms with E-state index < -0.39 is 11.6 Å². The Kier molecular flexibility index (Phi) is 7.75. The Hall–Kier alpha value is -2.93. The molecule has 35 heavy (non-hydrogen) atoms. The van der Waals surface area contributed by atoms with Gasteiger partial charge in [0.05, 0.1) is 22.4 Å². The summed E-state index contributed by atoms with van der Waals surface area (Å²) >= 11 is 18.8. The summed E-state index contributed by atoms with van der Waals surface area (Å²) in [6.07, 6.45) is -0.219. The monoisotopic (exact) mass is 534 g/mol. The SMILES string of the molecule is CC(C)Oc1nc(OCc2ccc(F)c(F)c2)c(-c2ccc(Cl)cc2)c(-c2ccc(Cl)cc2Cl)n1. The molecule has 0 saturated heterocycles. The van der Waals surface area contributed by atoms with Gasteiger partial charge in [-0.1, -0.05) is 53.0 Å². The standard InChI is InChI=1S/C26H19Cl3F2N2O2/c1-14(2)35-26-32-24(19-9-8-18(28)12-20(19)29)23(16-4-6-17(27)7-5-16)25(33-26)34-13-15-3-10-21(30)22(31)11-15/h3-12,14H,13H2,1-2H3. The lowest BCUT2D eigenvalue weighted by molar-refractivity contribution is 0.215. The second-order valence-electron chi connectivity index (χ2n) is 7.87. The number of hydrogen-bond donors (Lipinski definition) is 0. The maximum Gasteiger partial charge on any atom is 0.320 e. The van der Waals surface area contributed by atoms with Crippen LogP contribution in [0.25, 0.3) is 22.4 Å². The van der Waals surface area contributed by atoms with E-state index in [4.69, 9.17) is 44.3 Å². The van der Waals surface area contributed by atoms with E-state index >= 15 is 0 Å². The summed E-state index contributed by atoms with van der Waals surface area (Å²) in [4.78, 5) is 9.10. The zero-order valence-corrected chi connectivity index (χ0v) is 20.9. The first-order valence-electron chi connectivity index (χ1n) is 10.6. The number of nitrogens with zero attached hydrogens (tertiary/aromatic N) is 2. The smallest absolute Gasteiger partial charge is 0.320 e. The number of benzene rings is 3. The molecule has 0 N–H and O–H groups in total. The van der Waals surface area contributed by atoms with Crippen molar-refractivity contribution in [3.8, 4) is 34.3 Å². The van der Waals surface area contributed by atoms with Gasteiger partial charge in [-0.3, -0.25) is 0 Å². The highest BCUT2D eigenvalue weighted by molar-refractivity contribution is 6.36. The molecule has 0 amide bonds. The molecule has 4 nitrogen and oxygen atoms in total. The zero-order valence-electron chi connectivity index (χ0n) is 18.7. The fourth-order valence-corrected chi connectivity index (χ4v) is 3.95. The molecule has 0 saturated carbocycles. The lowest BCUT2D eigenvalue weighted by Gasteiger charge is -2.18. The predicted molar refractivity (Wildman–Crippen MR) is 134 cm³/mol. The van der Waals surface area contributed by atoms with Crippen molar-refractivity contribution in [1.29, 1.82) is 0 Å². The van der Waals surface area contributed by atoms with Crippen LogP contribution in [0, 0.1) is 11.6 Å². The fourth-order valence-electron chi connectivity index (χ4n) is 3.32. The van der Waals surface area contributed by atoms with Crippen LogP contribution in [-0.4, -0.2) is 16.1 Å². The number of aromatic nitrogens is 2. The van der Waals surface area contributed by atoms with E-state index in [2.05, 4.69) is 9.97 Å². The topological polar surface area (TPSA) is 44.2 Å². The molecule has 1 heterocycles. The third-order valence-electron chi connectivity index (χ3n) is 4.88. The molecule has 0 aliphatic heterocycles. The normalized spacial score (nSPS) is 11.1. The first kappa shape index (κ1) is 25.2. The Morgan fingerprint density at radius 3 is 2.20 bits per heavy atom. The van der Waals surface area contributed by atoms with Gasteiger partial charge in [-0.25, -0.2) is 8.78 Å². The zero-order chi connectivity index (χ0) is 25.1. The lowest BCUT2D eigenvalue weighted by atomic mass is 10.00. The summed E-state index contributed by atoms with van der Waals surface area (Å²) in [6, 6.07) is 15.7. The quantitative estimate of drug-likeness (QED) is 0.238. The minimum Gasteiger partial charge on any atom is -0.472 e. The Morgan fingerprint density at radius 1 is 0.829 bits per heavy atom. The van der Waals surface area contributed by atoms with Crippen LogP contribution in [0.1, 0.15) is 19.4 Å². The highest BCUT2D eigenvalue weighted by atomic mass is 35.5. The predicted octanol–water partition coefficient (Wildman–Crippen LogP) is 8.42. The van der Waals surface area contributed by atoms with E-state index in [0.717, 1.165) is 12.1 Å². The lowest BCUT2D eigenvalue weighted by Crippen LogP contribution is -2.11. The summed E-state index contributed by atoms with van der Waals surface area (Å²) in [5, 5.41) is 1.38. The van der Waals surface area contributed by atoms with Gasteiger partial charge in [0, 0.05) is 15.6 Å². The Bertz CT molecular complexity index is 1370. The van der Waals surface area contributed by atoms with Crippen LogP contribution in [0.5, 0.6) is 11.9 Å². The van der Waals surface area contributed by atoms with Gasteiger partial charge < -0.3 is 9.47 Å². The number of hydrogen-bond acceptors (Lipinski definition) is 4. The van der Waals surface area contributed by atoms with E-state index in [1.165, 1.54) is 6.07 Å². The highest BCUT2D eigenvalue weighted by Crippen LogP contribution is 2.42. The van der Waals surface area contributed by atoms with Gasteiger partial charge in [-0.2, -0.15) is 9.97 Å². The Morgan fingerprint density at radius 2 is 1.54 bits per heavy atom. The maximum atomic E-state index is 13.7. The molecule has 0 bridgehead atoms. The van der Waals surface area contributed by atoms with Gasteiger partial charge in [0.2, 0.25) is 5.88 Å². The van der Waals surface area contributed by atoms with Gasteiger partial charge in [0.15, 0.2) is 11.6 Å². The number of ether oxygens (including phenoxy) is 2. The molecular formula is C26H19Cl3F2N2O2. The molecule has 0 aliphatic carbocycles. The molecule has 4 rings (SSSR count). The van der Waals surface area contributed by atoms with Crippen molar-refractivity contribution in [2.24, 2.45) is 0 Å². The Balaban J connectivity index is 1.90. The van der Waals surface area contributed by atoms with Crippen molar-refractivity contribution in [3.63, 3.8) is 0 Å². The summed E-state index contributed by atoms with van der Waals surface area (Å²) in [7, 11) is 0. The molecule has 1 aromatic heterocycles. The van der Waals surface area contributed by atoms with Crippen molar-refractivity contribution in [3.05, 3.63) is 92.9 Å². The molecule has 9 heteroatoms. The minimum atomic E-state index is -0.968. The van der Waals surface area contributed by atoms with E-state index in [1.807, 2.05) is 13.8 Å². The molecule has 0 spiro atoms. The van der Waals surface area contributed by atoms with Crippen LogP contribution in [0.4, 0.5) is 8.78 Å². The molecule has 0 radical (unpaired) electrons. The van der Waals surface area contributed by atoms with Gasteiger partial charge in [-0.15, -0.1) is 0 Å². The highest BCUT2D eigenvalue weighted by Gasteiger charge is 2.22. The molecule has 180 valence electrons. The summed E-state index contributed by atoms with van der Waals surface area (Å²) in [6.45, 7) is 3.60. The minimum absolute atomic E-state index is 0.0685. The van der Waals surface area contributed by atoms with Crippen molar-refractivity contribution in [2.45, 2.75) is 26.6 Å². The van der Waals surface area contributed by atoms with E-state index in [9.17, 15) is 8.78 Å². The van der Waals surface area contributed by atoms with Crippen LogP contribution in [0.15, 0.2) is 60.7 Å². The van der Waals surface area contributed by atoms with Gasteiger partial charge in [0.25, 0.3) is 0 Å². The van der Waals surface area contributed by atoms with Crippen LogP contribution in [0.2, 0.25) is 15.1 Å². The second-order valence-corrected chi connectivity index (χ2v) is 9.15. The molecule has 0 unspecified atom stereocenters. The van der Waals surface area contributed by atoms with Crippen molar-refractivity contribution >= 4 is 34.8 Å². The van der Waals surface area contributed by atoms with Crippen molar-refractivity contribution in [2.75, 3.05) is 0 Å². The maximum absolute atomic E-state index is 13.7. The molecular weight excluding hydrogens is 517 g/mol. The largest absolute Gasteiger partial charge is 0.472 e. The average Bonchev–Trinajstić information content (AvgIpc) is 2.80. The summed E-state index contributed by atoms with van der Waals surface area (Å²) < 4.78 is 38.9. The summed E-state index contributed by atoms with van der Waals surface area (Å²) in [5.41, 5.74) is 2.66. The third kappa shape index (κ3) is 6.01. The first-order chi connectivity index (χ1) is 16.7. The average molecular weight is 536 g/mol. The molecule has 3 aromatic carbocycles. The van der Waals surface area contributed by atoms with Crippen LogP contribution >= 0.6 is 34.8 Å². The van der Waals surface area contributed by atoms with Crippen LogP contribution in [-0.2, 0) is 6.61 Å². The number of halogens is 5. The van der Waals surface area contributed by atoms with Gasteiger partial charge in [-0.05, 0) is 67.4 Å². The molecule has 0 aliphatic rings. The molecule has 4 aromatic rings. The van der Waals surface area contributed by atoms with E-state index in [0.29, 0.717) is 43.0 Å². The van der Waals surface area contributed by atoms with E-state index in [-0.39, 0.29) is 24.6 Å². The molecule has 0 fully saturated rings. The third-order valence-corrected chi connectivity index (χ3v) is 5.67. The fraction of sp³-hybridized carbons (Fsp3) is 0.154. The first-order valence-corrected chi connectivity index (χ1v) is 11.7. The van der Waals surface area contributed by atoms with Crippen LogP contribution in [0.3, 0.4) is 0 Å². The van der Waals surface area contributed by atoms with Gasteiger partial charge in [0.1, 0.15) is 6.61 Å². The van der Waals surface area contributed by atoms with E-state index in [1.54, 1.807) is 42.5 Å². The van der Waals surface area contributed by atoms with Crippen molar-refractivity contribution in [1.82, 2.24) is 9.97 Å². The van der Waals surface area contributed by atoms with Crippen LogP contribution < -0.4 is 9.47 Å². The summed E-state index contributed by atoms with van der Waals surface area (Å²) in [5.74, 6) is -1.74. The second kappa shape index (κ2) is 10.8.